The molecule has 0 aromatic heterocycles. The lowest BCUT2D eigenvalue weighted by Gasteiger charge is -2.24. The van der Waals surface area contributed by atoms with Gasteiger partial charge in [0.05, 0.1) is 6.54 Å². The molecule has 1 saturated carbocycles. The summed E-state index contributed by atoms with van der Waals surface area (Å²) in [6.45, 7) is 1.27. The maximum absolute atomic E-state index is 12.1. The number of sulfone groups is 1. The summed E-state index contributed by atoms with van der Waals surface area (Å²) in [6, 6.07) is 7.63. The minimum atomic E-state index is -3.87. The second-order valence-corrected chi connectivity index (χ2v) is 9.44. The average Bonchev–Trinajstić information content (AvgIpc) is 3.30. The molecule has 1 aromatic rings. The van der Waals surface area contributed by atoms with Gasteiger partial charge in [-0.1, -0.05) is 12.1 Å². The molecule has 2 atom stereocenters. The van der Waals surface area contributed by atoms with Crippen molar-refractivity contribution in [3.05, 3.63) is 29.8 Å². The third-order valence-corrected chi connectivity index (χ3v) is 6.99. The fraction of sp³-hybridized carbons (Fsp3) is 0.529. The number of carbonyl (C=O) groups excluding carboxylic acids is 1. The van der Waals surface area contributed by atoms with Crippen LogP contribution in [-0.4, -0.2) is 49.2 Å². The summed E-state index contributed by atoms with van der Waals surface area (Å²) in [6.07, 6.45) is 1.58. The summed E-state index contributed by atoms with van der Waals surface area (Å²) < 4.78 is 27.0. The highest BCUT2D eigenvalue weighted by molar-refractivity contribution is 7.92. The summed E-state index contributed by atoms with van der Waals surface area (Å²) in [5, 5.41) is 9.33. The Kier molecular flexibility index (Phi) is 4.26. The molecule has 1 aliphatic carbocycles. The van der Waals surface area contributed by atoms with Gasteiger partial charge in [0.1, 0.15) is 6.10 Å². The van der Waals surface area contributed by atoms with E-state index in [1.54, 1.807) is 0 Å². The highest BCUT2D eigenvalue weighted by atomic mass is 32.2. The molecule has 25 heavy (non-hydrogen) atoms. The Labute approximate surface area is 146 Å². The van der Waals surface area contributed by atoms with Crippen molar-refractivity contribution in [2.45, 2.75) is 43.0 Å². The van der Waals surface area contributed by atoms with E-state index in [4.69, 9.17) is 4.74 Å². The van der Waals surface area contributed by atoms with Crippen molar-refractivity contribution >= 4 is 27.6 Å². The number of rotatable bonds is 6. The molecule has 7 nitrogen and oxygen atoms in total. The lowest BCUT2D eigenvalue weighted by molar-refractivity contribution is -0.140. The average molecular weight is 367 g/mol. The summed E-state index contributed by atoms with van der Waals surface area (Å²) in [5.41, 5.74) is 1.90. The highest BCUT2D eigenvalue weighted by Crippen LogP contribution is 2.40. The zero-order valence-electron chi connectivity index (χ0n) is 14.1. The van der Waals surface area contributed by atoms with Crippen molar-refractivity contribution in [3.8, 4) is 0 Å². The Bertz CT molecular complexity index is 799. The van der Waals surface area contributed by atoms with Crippen molar-refractivity contribution in [2.75, 3.05) is 17.7 Å². The number of nitrogens with zero attached hydrogens (tertiary/aromatic N) is 1. The van der Waals surface area contributed by atoms with Crippen LogP contribution in [0.5, 0.6) is 0 Å². The van der Waals surface area contributed by atoms with E-state index in [2.05, 4.69) is 0 Å². The molecule has 2 aliphatic rings. The second-order valence-electron chi connectivity index (χ2n) is 6.99. The van der Waals surface area contributed by atoms with Crippen LogP contribution in [0.15, 0.2) is 24.3 Å². The first-order valence-corrected chi connectivity index (χ1v) is 10.0. The summed E-state index contributed by atoms with van der Waals surface area (Å²) in [5.74, 6) is -0.836. The molecule has 1 aromatic carbocycles. The zero-order valence-corrected chi connectivity index (χ0v) is 15.0. The van der Waals surface area contributed by atoms with E-state index in [1.807, 2.05) is 24.3 Å². The number of amides is 1. The first-order valence-electron chi connectivity index (χ1n) is 8.13. The minimum absolute atomic E-state index is 0.125. The van der Waals surface area contributed by atoms with Crippen LogP contribution in [0.2, 0.25) is 0 Å². The van der Waals surface area contributed by atoms with Gasteiger partial charge in [-0.3, -0.25) is 9.69 Å². The van der Waals surface area contributed by atoms with E-state index in [0.717, 1.165) is 13.2 Å². The predicted octanol–water partition coefficient (Wildman–Crippen LogP) is 2.17. The van der Waals surface area contributed by atoms with Gasteiger partial charge in [0.25, 0.3) is 0 Å². The van der Waals surface area contributed by atoms with Crippen LogP contribution in [0.4, 0.5) is 10.5 Å². The van der Waals surface area contributed by atoms with Gasteiger partial charge in [0, 0.05) is 18.4 Å². The zero-order chi connectivity index (χ0) is 18.4. The largest absolute Gasteiger partial charge is 0.480 e. The van der Waals surface area contributed by atoms with Crippen molar-refractivity contribution in [1.29, 1.82) is 0 Å². The van der Waals surface area contributed by atoms with Gasteiger partial charge in [-0.15, -0.1) is 0 Å². The molecular formula is C17H21NO6S. The number of carboxylic acid groups (broad SMARTS) is 1. The molecule has 8 heteroatoms. The topological polar surface area (TPSA) is 101 Å². The Morgan fingerprint density at radius 2 is 1.92 bits per heavy atom. The molecule has 3 rings (SSSR count). The van der Waals surface area contributed by atoms with Crippen molar-refractivity contribution < 1.29 is 27.9 Å². The smallest absolute Gasteiger partial charge is 0.414 e. The van der Waals surface area contributed by atoms with E-state index in [9.17, 15) is 23.1 Å². The fourth-order valence-corrected chi connectivity index (χ4v) is 3.82. The maximum Gasteiger partial charge on any atom is 0.414 e. The highest BCUT2D eigenvalue weighted by Gasteiger charge is 2.48. The lowest BCUT2D eigenvalue weighted by Crippen LogP contribution is -2.46. The number of anilines is 1. The van der Waals surface area contributed by atoms with Crippen molar-refractivity contribution in [2.24, 2.45) is 0 Å². The van der Waals surface area contributed by atoms with Crippen LogP contribution in [0.25, 0.3) is 0 Å². The van der Waals surface area contributed by atoms with Crippen LogP contribution in [0.1, 0.15) is 37.7 Å². The monoisotopic (exact) mass is 367 g/mol. The number of carboxylic acids is 1. The third kappa shape index (κ3) is 3.35. The fourth-order valence-electron chi connectivity index (χ4n) is 3.01. The summed E-state index contributed by atoms with van der Waals surface area (Å²) >= 11 is 0. The van der Waals surface area contributed by atoms with Crippen LogP contribution in [-0.2, 0) is 19.4 Å². The predicted molar refractivity (Wildman–Crippen MR) is 91.5 cm³/mol. The van der Waals surface area contributed by atoms with Gasteiger partial charge >= 0.3 is 12.1 Å². The number of benzene rings is 1. The number of hydrogen-bond donors (Lipinski definition) is 1. The van der Waals surface area contributed by atoms with Crippen LogP contribution in [0, 0.1) is 0 Å². The quantitative estimate of drug-likeness (QED) is 0.827. The first kappa shape index (κ1) is 17.7. The number of cyclic esters (lactones) is 1. The molecular weight excluding hydrogens is 346 g/mol. The molecule has 136 valence electrons. The molecule has 2 unspecified atom stereocenters. The molecule has 1 heterocycles. The number of aliphatic carboxylic acids is 1. The van der Waals surface area contributed by atoms with E-state index in [1.165, 1.54) is 23.3 Å². The van der Waals surface area contributed by atoms with Crippen molar-refractivity contribution in [1.82, 2.24) is 0 Å². The molecule has 0 spiro atoms. The molecule has 1 N–H and O–H groups in total. The summed E-state index contributed by atoms with van der Waals surface area (Å²) in [7, 11) is -3.87. The van der Waals surface area contributed by atoms with E-state index in [-0.39, 0.29) is 13.0 Å². The molecule has 1 amide bonds. The van der Waals surface area contributed by atoms with Gasteiger partial charge in [0.15, 0.2) is 14.6 Å². The molecule has 0 radical (unpaired) electrons. The van der Waals surface area contributed by atoms with Crippen LogP contribution in [0.3, 0.4) is 0 Å². The Morgan fingerprint density at radius 3 is 2.40 bits per heavy atom. The molecule has 1 aliphatic heterocycles. The van der Waals surface area contributed by atoms with Crippen LogP contribution >= 0.6 is 0 Å². The third-order valence-electron chi connectivity index (χ3n) is 5.02. The van der Waals surface area contributed by atoms with Gasteiger partial charge in [-0.05, 0) is 43.4 Å². The van der Waals surface area contributed by atoms with Gasteiger partial charge in [-0.2, -0.15) is 0 Å². The van der Waals surface area contributed by atoms with Gasteiger partial charge in [0.2, 0.25) is 0 Å². The van der Waals surface area contributed by atoms with Crippen LogP contribution < -0.4 is 4.90 Å². The number of ether oxygens (including phenoxy) is 1. The standard InChI is InChI=1S/C17H21NO6S/c1-17(15(19)20,25(2,22)23)9-14-10-18(16(21)24-14)13-7-5-12(6-8-13)11-3-4-11/h5-8,11,14H,3-4,9-10H2,1-2H3,(H,19,20). The molecule has 0 bridgehead atoms. The first-order chi connectivity index (χ1) is 11.6. The molecule has 1 saturated heterocycles. The SMILES string of the molecule is CC(CC1CN(c2ccc(C3CC3)cc2)C(=O)O1)(C(=O)O)S(C)(=O)=O. The van der Waals surface area contributed by atoms with E-state index in [0.29, 0.717) is 11.6 Å². The molecule has 2 fully saturated rings. The normalized spacial score (nSPS) is 23.2. The van der Waals surface area contributed by atoms with Crippen molar-refractivity contribution in [3.63, 3.8) is 0 Å². The Balaban J connectivity index is 1.74. The number of carbonyl (C=O) groups is 2. The Hall–Kier alpha value is -2.09. The number of hydrogen-bond acceptors (Lipinski definition) is 5. The Morgan fingerprint density at radius 1 is 1.32 bits per heavy atom. The minimum Gasteiger partial charge on any atom is -0.480 e. The maximum atomic E-state index is 12.1. The second kappa shape index (κ2) is 6.01. The van der Waals surface area contributed by atoms with E-state index < -0.39 is 32.8 Å². The van der Waals surface area contributed by atoms with Gasteiger partial charge in [-0.25, -0.2) is 13.2 Å². The summed E-state index contributed by atoms with van der Waals surface area (Å²) in [4.78, 5) is 25.0. The van der Waals surface area contributed by atoms with Gasteiger partial charge < -0.3 is 9.84 Å². The van der Waals surface area contributed by atoms with E-state index >= 15 is 0 Å². The lowest BCUT2D eigenvalue weighted by atomic mass is 10.0.